The molecule has 2 nitrogen and oxygen atoms in total. The van der Waals surface area contributed by atoms with E-state index in [1.54, 1.807) is 0 Å². The summed E-state index contributed by atoms with van der Waals surface area (Å²) in [5, 5.41) is 9.08. The maximum Gasteiger partial charge on any atom is 0.0895 e. The Hall–Kier alpha value is -0.340. The maximum absolute atomic E-state index is 9.08. The van der Waals surface area contributed by atoms with E-state index in [1.807, 2.05) is 13.1 Å². The minimum absolute atomic E-state index is 0.190. The number of hydrogen-bond acceptors (Lipinski definition) is 2. The van der Waals surface area contributed by atoms with Crippen LogP contribution >= 0.6 is 0 Å². The fourth-order valence-electron chi connectivity index (χ4n) is 1.42. The van der Waals surface area contributed by atoms with E-state index in [0.29, 0.717) is 12.1 Å². The number of aliphatic hydroxyl groups is 1. The fraction of sp³-hybridized carbons (Fsp3) is 0.667. The Morgan fingerprint density at radius 2 is 2.25 bits per heavy atom. The van der Waals surface area contributed by atoms with E-state index >= 15 is 0 Å². The molecule has 2 aliphatic rings. The lowest BCUT2D eigenvalue weighted by molar-refractivity contribution is 0.208. The topological polar surface area (TPSA) is 23.2 Å². The molecule has 1 aliphatic carbocycles. The molecule has 8 heavy (non-hydrogen) atoms. The molecule has 0 spiro atoms. The lowest BCUT2D eigenvalue weighted by Gasteiger charge is -1.98. The van der Waals surface area contributed by atoms with Crippen LogP contribution < -0.4 is 0 Å². The minimum atomic E-state index is -0.190. The van der Waals surface area contributed by atoms with Gasteiger partial charge in [-0.2, -0.15) is 0 Å². The van der Waals surface area contributed by atoms with Gasteiger partial charge in [0.2, 0.25) is 0 Å². The quantitative estimate of drug-likeness (QED) is 0.339. The van der Waals surface area contributed by atoms with Crippen molar-refractivity contribution in [3.63, 3.8) is 0 Å². The van der Waals surface area contributed by atoms with Gasteiger partial charge in [-0.1, -0.05) is 12.2 Å². The zero-order valence-corrected chi connectivity index (χ0v) is 4.78. The summed E-state index contributed by atoms with van der Waals surface area (Å²) in [6, 6.07) is 0.986. The average molecular weight is 111 g/mol. The Balaban J connectivity index is 2.18. The first-order valence-corrected chi connectivity index (χ1v) is 2.89. The molecule has 1 saturated heterocycles. The molecule has 2 heteroatoms. The third-order valence-electron chi connectivity index (χ3n) is 2.06. The van der Waals surface area contributed by atoms with E-state index in [-0.39, 0.29) is 6.10 Å². The van der Waals surface area contributed by atoms with Crippen molar-refractivity contribution in [1.29, 1.82) is 0 Å². The van der Waals surface area contributed by atoms with Crippen molar-refractivity contribution in [2.45, 2.75) is 18.2 Å². The largest absolute Gasteiger partial charge is 0.387 e. The normalized spacial score (nSPS) is 58.8. The molecule has 0 aromatic rings. The van der Waals surface area contributed by atoms with Gasteiger partial charge in [0.05, 0.1) is 12.1 Å². The minimum Gasteiger partial charge on any atom is -0.387 e. The van der Waals surface area contributed by atoms with Crippen molar-refractivity contribution in [3.8, 4) is 0 Å². The molecular weight excluding hydrogens is 102 g/mol. The van der Waals surface area contributed by atoms with Gasteiger partial charge in [0.15, 0.2) is 0 Å². The summed E-state index contributed by atoms with van der Waals surface area (Å²) in [6.45, 7) is 0. The second-order valence-electron chi connectivity index (χ2n) is 2.52. The van der Waals surface area contributed by atoms with Crippen LogP contribution in [-0.2, 0) is 0 Å². The third-order valence-corrected chi connectivity index (χ3v) is 2.06. The zero-order valence-electron chi connectivity index (χ0n) is 4.78. The average Bonchev–Trinajstić information content (AvgIpc) is 2.13. The zero-order chi connectivity index (χ0) is 5.72. The summed E-state index contributed by atoms with van der Waals surface area (Å²) in [6.07, 6.45) is 3.75. The summed E-state index contributed by atoms with van der Waals surface area (Å²) in [7, 11) is 2.03. The van der Waals surface area contributed by atoms with Gasteiger partial charge < -0.3 is 5.11 Å². The van der Waals surface area contributed by atoms with Gasteiger partial charge in [-0.15, -0.1) is 0 Å². The highest BCUT2D eigenvalue weighted by atomic mass is 16.3. The number of likely N-dealkylation sites (N-methyl/N-ethyl adjacent to an activating group) is 1. The van der Waals surface area contributed by atoms with Crippen LogP contribution in [0, 0.1) is 0 Å². The Labute approximate surface area is 48.4 Å². The molecule has 0 aromatic carbocycles. The van der Waals surface area contributed by atoms with Crippen LogP contribution in [0.15, 0.2) is 12.2 Å². The van der Waals surface area contributed by atoms with Crippen molar-refractivity contribution in [3.05, 3.63) is 12.2 Å². The van der Waals surface area contributed by atoms with Crippen LogP contribution in [0.2, 0.25) is 0 Å². The molecule has 0 aromatic heterocycles. The Morgan fingerprint density at radius 1 is 1.50 bits per heavy atom. The van der Waals surface area contributed by atoms with Gasteiger partial charge in [-0.05, 0) is 7.05 Å². The predicted octanol–water partition coefficient (Wildman–Crippen LogP) is -0.400. The van der Waals surface area contributed by atoms with E-state index in [1.165, 1.54) is 0 Å². The van der Waals surface area contributed by atoms with Crippen LogP contribution in [0.5, 0.6) is 0 Å². The number of rotatable bonds is 0. The van der Waals surface area contributed by atoms with Crippen LogP contribution in [0.4, 0.5) is 0 Å². The standard InChI is InChI=1S/C6H9NO/c1-7-4-2-3-5(8)6(4)7/h2-6,8H,1H3/t4-,5-,6-,7?/m1/s1. The van der Waals surface area contributed by atoms with Gasteiger partial charge in [0, 0.05) is 6.04 Å². The summed E-state index contributed by atoms with van der Waals surface area (Å²) < 4.78 is 0. The Kier molecular flexibility index (Phi) is 0.648. The van der Waals surface area contributed by atoms with Crippen molar-refractivity contribution in [2.75, 3.05) is 7.05 Å². The number of fused-ring (bicyclic) bond motifs is 1. The Bertz CT molecular complexity index is 141. The van der Waals surface area contributed by atoms with Crippen molar-refractivity contribution in [1.82, 2.24) is 4.90 Å². The van der Waals surface area contributed by atoms with E-state index in [9.17, 15) is 0 Å². The molecule has 1 aliphatic heterocycles. The van der Waals surface area contributed by atoms with Crippen LogP contribution in [0.3, 0.4) is 0 Å². The van der Waals surface area contributed by atoms with E-state index in [2.05, 4.69) is 11.0 Å². The van der Waals surface area contributed by atoms with Crippen molar-refractivity contribution < 1.29 is 5.11 Å². The fourth-order valence-corrected chi connectivity index (χ4v) is 1.42. The molecule has 0 bridgehead atoms. The number of nitrogens with zero attached hydrogens (tertiary/aromatic N) is 1. The highest BCUT2D eigenvalue weighted by Gasteiger charge is 2.49. The van der Waals surface area contributed by atoms with E-state index in [0.717, 1.165) is 0 Å². The molecule has 1 fully saturated rings. The van der Waals surface area contributed by atoms with Crippen molar-refractivity contribution in [2.24, 2.45) is 0 Å². The van der Waals surface area contributed by atoms with Gasteiger partial charge >= 0.3 is 0 Å². The van der Waals surface area contributed by atoms with Crippen LogP contribution in [-0.4, -0.2) is 35.2 Å². The summed E-state index contributed by atoms with van der Waals surface area (Å²) in [5.74, 6) is 0. The van der Waals surface area contributed by atoms with Crippen LogP contribution in [0.25, 0.3) is 0 Å². The monoisotopic (exact) mass is 111 g/mol. The molecule has 1 heterocycles. The first kappa shape index (κ1) is 4.53. The smallest absolute Gasteiger partial charge is 0.0895 e. The number of hydrogen-bond donors (Lipinski definition) is 1. The first-order chi connectivity index (χ1) is 3.80. The summed E-state index contributed by atoms with van der Waals surface area (Å²) in [5.41, 5.74) is 0. The third kappa shape index (κ3) is 0.353. The lowest BCUT2D eigenvalue weighted by atomic mass is 10.3. The van der Waals surface area contributed by atoms with Crippen molar-refractivity contribution >= 4 is 0 Å². The van der Waals surface area contributed by atoms with Gasteiger partial charge in [-0.3, -0.25) is 4.90 Å². The molecular formula is C6H9NO. The Morgan fingerprint density at radius 3 is 2.50 bits per heavy atom. The van der Waals surface area contributed by atoms with Crippen LogP contribution in [0.1, 0.15) is 0 Å². The van der Waals surface area contributed by atoms with Gasteiger partial charge in [0.1, 0.15) is 0 Å². The lowest BCUT2D eigenvalue weighted by Crippen LogP contribution is -2.12. The summed E-state index contributed by atoms with van der Waals surface area (Å²) >= 11 is 0. The molecule has 2 rings (SSSR count). The highest BCUT2D eigenvalue weighted by molar-refractivity contribution is 5.25. The molecule has 1 unspecified atom stereocenters. The number of aliphatic hydroxyl groups excluding tert-OH is 1. The van der Waals surface area contributed by atoms with Gasteiger partial charge in [-0.25, -0.2) is 0 Å². The maximum atomic E-state index is 9.08. The summed E-state index contributed by atoms with van der Waals surface area (Å²) in [4.78, 5) is 2.16. The molecule has 0 saturated carbocycles. The van der Waals surface area contributed by atoms with Gasteiger partial charge in [0.25, 0.3) is 0 Å². The molecule has 4 atom stereocenters. The predicted molar refractivity (Wildman–Crippen MR) is 30.5 cm³/mol. The van der Waals surface area contributed by atoms with E-state index in [4.69, 9.17) is 5.11 Å². The highest BCUT2D eigenvalue weighted by Crippen LogP contribution is 2.35. The van der Waals surface area contributed by atoms with E-state index < -0.39 is 0 Å². The first-order valence-electron chi connectivity index (χ1n) is 2.89. The second-order valence-corrected chi connectivity index (χ2v) is 2.52. The molecule has 1 N–H and O–H groups in total. The second kappa shape index (κ2) is 1.14. The SMILES string of the molecule is CN1[C@H]2[C@H](O)C=C[C@H]21. The molecule has 0 radical (unpaired) electrons. The molecule has 0 amide bonds. The molecule has 44 valence electrons.